The lowest BCUT2D eigenvalue weighted by Gasteiger charge is -2.35. The Bertz CT molecular complexity index is 558. The Labute approximate surface area is 127 Å². The molecule has 0 bridgehead atoms. The van der Waals surface area contributed by atoms with E-state index in [4.69, 9.17) is 9.84 Å². The first-order valence-electron chi connectivity index (χ1n) is 6.92. The van der Waals surface area contributed by atoms with Crippen LogP contribution in [0.1, 0.15) is 18.4 Å². The fourth-order valence-corrected chi connectivity index (χ4v) is 2.43. The monoisotopic (exact) mass is 307 g/mol. The van der Waals surface area contributed by atoms with E-state index >= 15 is 0 Å². The van der Waals surface area contributed by atoms with Gasteiger partial charge in [-0.25, -0.2) is 9.59 Å². The van der Waals surface area contributed by atoms with Gasteiger partial charge in [0.2, 0.25) is 0 Å². The Hall–Kier alpha value is -2.57. The van der Waals surface area contributed by atoms with Gasteiger partial charge in [0.05, 0.1) is 5.92 Å². The van der Waals surface area contributed by atoms with Crippen LogP contribution in [0.25, 0.3) is 0 Å². The number of carboxylic acids is 2. The molecule has 1 heterocycles. The maximum atomic E-state index is 12.1. The van der Waals surface area contributed by atoms with Gasteiger partial charge in [0.1, 0.15) is 12.6 Å². The summed E-state index contributed by atoms with van der Waals surface area (Å²) in [6.07, 6.45) is -0.469. The van der Waals surface area contributed by atoms with E-state index in [2.05, 4.69) is 0 Å². The fourth-order valence-electron chi connectivity index (χ4n) is 2.43. The third-order valence-corrected chi connectivity index (χ3v) is 3.66. The van der Waals surface area contributed by atoms with Crippen molar-refractivity contribution in [2.24, 2.45) is 5.92 Å². The number of nitrogens with zero attached hydrogens (tertiary/aromatic N) is 1. The third-order valence-electron chi connectivity index (χ3n) is 3.66. The molecule has 2 unspecified atom stereocenters. The molecule has 1 aromatic rings. The molecule has 1 aromatic carbocycles. The number of aliphatic carboxylic acids is 2. The van der Waals surface area contributed by atoms with Crippen LogP contribution >= 0.6 is 0 Å². The summed E-state index contributed by atoms with van der Waals surface area (Å²) in [5.74, 6) is -2.95. The molecule has 0 aromatic heterocycles. The Morgan fingerprint density at radius 2 is 1.77 bits per heavy atom. The number of hydrogen-bond acceptors (Lipinski definition) is 4. The number of benzene rings is 1. The number of ether oxygens (including phenoxy) is 1. The van der Waals surface area contributed by atoms with Gasteiger partial charge in [-0.05, 0) is 18.4 Å². The minimum atomic E-state index is -1.15. The van der Waals surface area contributed by atoms with E-state index in [1.165, 1.54) is 0 Å². The average Bonchev–Trinajstić information content (AvgIpc) is 2.52. The normalized spacial score (nSPS) is 21.2. The van der Waals surface area contributed by atoms with Gasteiger partial charge in [-0.1, -0.05) is 30.3 Å². The van der Waals surface area contributed by atoms with Crippen molar-refractivity contribution in [1.82, 2.24) is 4.90 Å². The Kier molecular flexibility index (Phi) is 4.98. The molecule has 2 atom stereocenters. The van der Waals surface area contributed by atoms with Crippen LogP contribution in [-0.2, 0) is 20.9 Å². The van der Waals surface area contributed by atoms with Gasteiger partial charge in [0, 0.05) is 6.54 Å². The first-order valence-corrected chi connectivity index (χ1v) is 6.92. The summed E-state index contributed by atoms with van der Waals surface area (Å²) in [5, 5.41) is 18.2. The number of carbonyl (C=O) groups is 3. The first kappa shape index (κ1) is 15.8. The minimum absolute atomic E-state index is 0.0141. The van der Waals surface area contributed by atoms with E-state index < -0.39 is 30.0 Å². The smallest absolute Gasteiger partial charge is 0.410 e. The van der Waals surface area contributed by atoms with E-state index in [-0.39, 0.29) is 26.0 Å². The quantitative estimate of drug-likeness (QED) is 0.875. The van der Waals surface area contributed by atoms with Gasteiger partial charge < -0.3 is 14.9 Å². The number of amides is 1. The van der Waals surface area contributed by atoms with Crippen molar-refractivity contribution < 1.29 is 29.3 Å². The second-order valence-electron chi connectivity index (χ2n) is 5.16. The van der Waals surface area contributed by atoms with E-state index in [1.54, 1.807) is 24.3 Å². The van der Waals surface area contributed by atoms with Crippen molar-refractivity contribution in [3.8, 4) is 0 Å². The van der Waals surface area contributed by atoms with Gasteiger partial charge in [-0.3, -0.25) is 9.69 Å². The lowest BCUT2D eigenvalue weighted by atomic mass is 9.93. The molecule has 2 rings (SSSR count). The van der Waals surface area contributed by atoms with Gasteiger partial charge in [-0.15, -0.1) is 0 Å². The molecule has 2 N–H and O–H groups in total. The molecule has 1 amide bonds. The number of rotatable bonds is 4. The second kappa shape index (κ2) is 6.93. The summed E-state index contributed by atoms with van der Waals surface area (Å²) in [6.45, 7) is -0.139. The van der Waals surface area contributed by atoms with E-state index in [0.717, 1.165) is 10.5 Å². The Balaban J connectivity index is 2.02. The highest BCUT2D eigenvalue weighted by Crippen LogP contribution is 2.23. The Morgan fingerprint density at radius 3 is 2.36 bits per heavy atom. The van der Waals surface area contributed by atoms with Crippen LogP contribution in [0.15, 0.2) is 30.3 Å². The lowest BCUT2D eigenvalue weighted by Crippen LogP contribution is -2.52. The Morgan fingerprint density at radius 1 is 1.09 bits per heavy atom. The number of carbonyl (C=O) groups excluding carboxylic acids is 1. The van der Waals surface area contributed by atoms with E-state index in [0.29, 0.717) is 0 Å². The van der Waals surface area contributed by atoms with Crippen LogP contribution in [0.2, 0.25) is 0 Å². The van der Waals surface area contributed by atoms with Crippen LogP contribution in [0.4, 0.5) is 4.79 Å². The van der Waals surface area contributed by atoms with Crippen LogP contribution in [-0.4, -0.2) is 45.7 Å². The standard InChI is InChI=1S/C15H17NO6/c17-13(18)11-6-7-12(14(19)20)16(8-11)15(21)22-9-10-4-2-1-3-5-10/h1-5,11-12H,6-9H2,(H,17,18)(H,19,20). The lowest BCUT2D eigenvalue weighted by molar-refractivity contribution is -0.150. The molecule has 0 spiro atoms. The summed E-state index contributed by atoms with van der Waals surface area (Å²) >= 11 is 0. The predicted molar refractivity (Wildman–Crippen MR) is 75.1 cm³/mol. The van der Waals surface area contributed by atoms with Gasteiger partial charge in [0.25, 0.3) is 0 Å². The molecule has 0 radical (unpaired) electrons. The molecule has 0 aliphatic carbocycles. The zero-order valence-electron chi connectivity index (χ0n) is 11.8. The summed E-state index contributed by atoms with van der Waals surface area (Å²) in [4.78, 5) is 35.4. The predicted octanol–water partition coefficient (Wildman–Crippen LogP) is 1.57. The van der Waals surface area contributed by atoms with Crippen LogP contribution in [0, 0.1) is 5.92 Å². The highest BCUT2D eigenvalue weighted by Gasteiger charge is 2.39. The topological polar surface area (TPSA) is 104 Å². The molecular weight excluding hydrogens is 290 g/mol. The molecule has 1 fully saturated rings. The summed E-state index contributed by atoms with van der Waals surface area (Å²) in [5.41, 5.74) is 0.773. The molecule has 118 valence electrons. The van der Waals surface area contributed by atoms with Crippen LogP contribution < -0.4 is 0 Å². The molecular formula is C15H17NO6. The van der Waals surface area contributed by atoms with Crippen molar-refractivity contribution in [2.75, 3.05) is 6.54 Å². The van der Waals surface area contributed by atoms with Gasteiger partial charge in [0.15, 0.2) is 0 Å². The highest BCUT2D eigenvalue weighted by atomic mass is 16.6. The average molecular weight is 307 g/mol. The van der Waals surface area contributed by atoms with Crippen molar-refractivity contribution >= 4 is 18.0 Å². The van der Waals surface area contributed by atoms with E-state index in [1.807, 2.05) is 6.07 Å². The molecule has 22 heavy (non-hydrogen) atoms. The minimum Gasteiger partial charge on any atom is -0.481 e. The number of hydrogen-bond donors (Lipinski definition) is 2. The summed E-state index contributed by atoms with van der Waals surface area (Å²) in [6, 6.07) is 7.93. The first-order chi connectivity index (χ1) is 10.5. The van der Waals surface area contributed by atoms with Crippen molar-refractivity contribution in [3.05, 3.63) is 35.9 Å². The number of piperidine rings is 1. The van der Waals surface area contributed by atoms with Crippen molar-refractivity contribution in [3.63, 3.8) is 0 Å². The van der Waals surface area contributed by atoms with Crippen LogP contribution in [0.5, 0.6) is 0 Å². The maximum Gasteiger partial charge on any atom is 0.410 e. The molecule has 7 nitrogen and oxygen atoms in total. The van der Waals surface area contributed by atoms with Gasteiger partial charge >= 0.3 is 18.0 Å². The second-order valence-corrected chi connectivity index (χ2v) is 5.16. The van der Waals surface area contributed by atoms with Gasteiger partial charge in [-0.2, -0.15) is 0 Å². The maximum absolute atomic E-state index is 12.1. The van der Waals surface area contributed by atoms with Crippen molar-refractivity contribution in [1.29, 1.82) is 0 Å². The van der Waals surface area contributed by atoms with Crippen LogP contribution in [0.3, 0.4) is 0 Å². The molecule has 7 heteroatoms. The SMILES string of the molecule is O=C(O)C1CCC(C(=O)O)N(C(=O)OCc2ccccc2)C1. The fraction of sp³-hybridized carbons (Fsp3) is 0.400. The summed E-state index contributed by atoms with van der Waals surface area (Å²) < 4.78 is 5.11. The highest BCUT2D eigenvalue weighted by molar-refractivity contribution is 5.81. The van der Waals surface area contributed by atoms with Crippen molar-refractivity contribution in [2.45, 2.75) is 25.5 Å². The largest absolute Gasteiger partial charge is 0.481 e. The zero-order chi connectivity index (χ0) is 16.1. The zero-order valence-corrected chi connectivity index (χ0v) is 11.8. The molecule has 1 aliphatic rings. The van der Waals surface area contributed by atoms with E-state index in [9.17, 15) is 19.5 Å². The number of carboxylic acid groups (broad SMARTS) is 2. The molecule has 1 saturated heterocycles. The molecule has 0 saturated carbocycles. The number of likely N-dealkylation sites (tertiary alicyclic amines) is 1. The third kappa shape index (κ3) is 3.75. The summed E-state index contributed by atoms with van der Waals surface area (Å²) in [7, 11) is 0. The molecule has 1 aliphatic heterocycles.